The minimum atomic E-state index is -3.63. The Hall–Kier alpha value is -1.48. The maximum absolute atomic E-state index is 12.4. The molecule has 140 valence electrons. The van der Waals surface area contributed by atoms with Crippen molar-refractivity contribution >= 4 is 21.6 Å². The van der Waals surface area contributed by atoms with Crippen molar-refractivity contribution in [1.29, 1.82) is 0 Å². The first kappa shape index (κ1) is 19.8. The third kappa shape index (κ3) is 5.50. The first-order chi connectivity index (χ1) is 11.9. The Morgan fingerprint density at radius 3 is 2.52 bits per heavy atom. The number of hydrogen-bond acceptors (Lipinski definition) is 5. The zero-order valence-corrected chi connectivity index (χ0v) is 15.3. The smallest absolute Gasteiger partial charge is 0.240 e. The van der Waals surface area contributed by atoms with E-state index in [9.17, 15) is 13.2 Å². The standard InChI is InChI=1S/C17H28N4O3S/c18-9-10-20-25(23,24)15-6-4-5-14(11-15)21-16(22)12-17(13-19)7-2-1-3-8-17/h4-6,11,20H,1-3,7-10,12-13,18-19H2,(H,21,22). The lowest BCUT2D eigenvalue weighted by Gasteiger charge is -2.35. The Labute approximate surface area is 149 Å². The van der Waals surface area contributed by atoms with Crippen LogP contribution in [0.3, 0.4) is 0 Å². The molecule has 0 radical (unpaired) electrons. The van der Waals surface area contributed by atoms with E-state index in [-0.39, 0.29) is 29.3 Å². The molecule has 0 aromatic heterocycles. The number of rotatable bonds is 8. The molecule has 7 nitrogen and oxygen atoms in total. The molecule has 1 fully saturated rings. The highest BCUT2D eigenvalue weighted by molar-refractivity contribution is 7.89. The molecule has 2 rings (SSSR count). The normalized spacial score (nSPS) is 17.2. The highest BCUT2D eigenvalue weighted by Crippen LogP contribution is 2.38. The number of benzene rings is 1. The third-order valence-corrected chi connectivity index (χ3v) is 6.21. The molecule has 0 aliphatic heterocycles. The molecule has 6 N–H and O–H groups in total. The van der Waals surface area contributed by atoms with Gasteiger partial charge in [-0.2, -0.15) is 0 Å². The Morgan fingerprint density at radius 1 is 1.16 bits per heavy atom. The molecule has 25 heavy (non-hydrogen) atoms. The summed E-state index contributed by atoms with van der Waals surface area (Å²) in [6.45, 7) is 0.882. The van der Waals surface area contributed by atoms with Crippen molar-refractivity contribution in [2.75, 3.05) is 25.0 Å². The van der Waals surface area contributed by atoms with E-state index in [2.05, 4.69) is 10.0 Å². The molecule has 0 heterocycles. The lowest BCUT2D eigenvalue weighted by atomic mass is 9.71. The molecule has 0 saturated heterocycles. The van der Waals surface area contributed by atoms with E-state index in [1.807, 2.05) is 0 Å². The number of amides is 1. The Morgan fingerprint density at radius 2 is 1.88 bits per heavy atom. The maximum Gasteiger partial charge on any atom is 0.240 e. The maximum atomic E-state index is 12.4. The van der Waals surface area contributed by atoms with E-state index in [1.54, 1.807) is 12.1 Å². The van der Waals surface area contributed by atoms with Gasteiger partial charge in [0.25, 0.3) is 0 Å². The first-order valence-electron chi connectivity index (χ1n) is 8.70. The van der Waals surface area contributed by atoms with Gasteiger partial charge in [-0.1, -0.05) is 25.3 Å². The Bertz CT molecular complexity index is 685. The number of sulfonamides is 1. The van der Waals surface area contributed by atoms with Gasteiger partial charge in [0.15, 0.2) is 0 Å². The van der Waals surface area contributed by atoms with Gasteiger partial charge in [-0.05, 0) is 43.0 Å². The SMILES string of the molecule is NCCNS(=O)(=O)c1cccc(NC(=O)CC2(CN)CCCCC2)c1. The van der Waals surface area contributed by atoms with Crippen LogP contribution in [0.4, 0.5) is 5.69 Å². The topological polar surface area (TPSA) is 127 Å². The van der Waals surface area contributed by atoms with E-state index >= 15 is 0 Å². The van der Waals surface area contributed by atoms with Gasteiger partial charge in [0.05, 0.1) is 4.90 Å². The van der Waals surface area contributed by atoms with Crippen LogP contribution in [0.15, 0.2) is 29.2 Å². The molecule has 0 atom stereocenters. The molecule has 1 saturated carbocycles. The summed E-state index contributed by atoms with van der Waals surface area (Å²) in [7, 11) is -3.63. The highest BCUT2D eigenvalue weighted by atomic mass is 32.2. The average Bonchev–Trinajstić information content (AvgIpc) is 2.61. The van der Waals surface area contributed by atoms with Gasteiger partial charge in [0, 0.05) is 25.2 Å². The monoisotopic (exact) mass is 368 g/mol. The molecule has 1 aromatic carbocycles. The average molecular weight is 369 g/mol. The highest BCUT2D eigenvalue weighted by Gasteiger charge is 2.33. The van der Waals surface area contributed by atoms with Crippen molar-refractivity contribution in [2.45, 2.75) is 43.4 Å². The van der Waals surface area contributed by atoms with E-state index in [1.165, 1.54) is 18.6 Å². The van der Waals surface area contributed by atoms with E-state index in [4.69, 9.17) is 11.5 Å². The molecule has 0 spiro atoms. The zero-order chi connectivity index (χ0) is 18.3. The van der Waals surface area contributed by atoms with Gasteiger partial charge in [-0.3, -0.25) is 4.79 Å². The Kier molecular flexibility index (Phi) is 6.95. The summed E-state index contributed by atoms with van der Waals surface area (Å²) in [6, 6.07) is 6.21. The predicted molar refractivity (Wildman–Crippen MR) is 98.5 cm³/mol. The molecule has 8 heteroatoms. The van der Waals surface area contributed by atoms with Crippen LogP contribution in [-0.4, -0.2) is 34.0 Å². The lowest BCUT2D eigenvalue weighted by Crippen LogP contribution is -2.36. The second-order valence-electron chi connectivity index (χ2n) is 6.70. The summed E-state index contributed by atoms with van der Waals surface area (Å²) < 4.78 is 26.7. The fourth-order valence-corrected chi connectivity index (χ4v) is 4.41. The minimum Gasteiger partial charge on any atom is -0.330 e. The second-order valence-corrected chi connectivity index (χ2v) is 8.47. The number of carbonyl (C=O) groups is 1. The predicted octanol–water partition coefficient (Wildman–Crippen LogP) is 1.16. The molecule has 1 aliphatic carbocycles. The van der Waals surface area contributed by atoms with Crippen LogP contribution in [0.2, 0.25) is 0 Å². The molecule has 0 unspecified atom stereocenters. The number of nitrogens with one attached hydrogen (secondary N) is 2. The fraction of sp³-hybridized carbons (Fsp3) is 0.588. The van der Waals surface area contributed by atoms with E-state index in [0.29, 0.717) is 18.7 Å². The van der Waals surface area contributed by atoms with E-state index in [0.717, 1.165) is 25.7 Å². The quantitative estimate of drug-likeness (QED) is 0.547. The summed E-state index contributed by atoms with van der Waals surface area (Å²) in [6.07, 6.45) is 5.70. The van der Waals surface area contributed by atoms with Crippen LogP contribution in [0.5, 0.6) is 0 Å². The lowest BCUT2D eigenvalue weighted by molar-refractivity contribution is -0.118. The largest absolute Gasteiger partial charge is 0.330 e. The van der Waals surface area contributed by atoms with Crippen molar-refractivity contribution < 1.29 is 13.2 Å². The summed E-state index contributed by atoms with van der Waals surface area (Å²) in [5, 5.41) is 2.81. The van der Waals surface area contributed by atoms with Gasteiger partial charge < -0.3 is 16.8 Å². The van der Waals surface area contributed by atoms with Crippen LogP contribution >= 0.6 is 0 Å². The van der Waals surface area contributed by atoms with Crippen molar-refractivity contribution in [3.8, 4) is 0 Å². The summed E-state index contributed by atoms with van der Waals surface area (Å²) >= 11 is 0. The van der Waals surface area contributed by atoms with Crippen molar-refractivity contribution in [3.05, 3.63) is 24.3 Å². The molecule has 1 aromatic rings. The van der Waals surface area contributed by atoms with Crippen LogP contribution in [0, 0.1) is 5.41 Å². The number of carbonyl (C=O) groups excluding carboxylic acids is 1. The number of anilines is 1. The molecule has 1 aliphatic rings. The van der Waals surface area contributed by atoms with Crippen LogP contribution in [0.1, 0.15) is 38.5 Å². The molecule has 1 amide bonds. The second kappa shape index (κ2) is 8.75. The summed E-state index contributed by atoms with van der Waals surface area (Å²) in [5.41, 5.74) is 11.6. The van der Waals surface area contributed by atoms with Gasteiger partial charge in [-0.15, -0.1) is 0 Å². The van der Waals surface area contributed by atoms with Gasteiger partial charge >= 0.3 is 0 Å². The summed E-state index contributed by atoms with van der Waals surface area (Å²) in [5.74, 6) is -0.128. The van der Waals surface area contributed by atoms with Crippen molar-refractivity contribution in [1.82, 2.24) is 4.72 Å². The van der Waals surface area contributed by atoms with E-state index < -0.39 is 10.0 Å². The van der Waals surface area contributed by atoms with Gasteiger partial charge in [0.2, 0.25) is 15.9 Å². The first-order valence-corrected chi connectivity index (χ1v) is 10.2. The number of nitrogens with two attached hydrogens (primary N) is 2. The third-order valence-electron chi connectivity index (χ3n) is 4.75. The molecular formula is C17H28N4O3S. The molecule has 0 bridgehead atoms. The summed E-state index contributed by atoms with van der Waals surface area (Å²) in [4.78, 5) is 12.5. The Balaban J connectivity index is 2.05. The van der Waals surface area contributed by atoms with Crippen LogP contribution in [0.25, 0.3) is 0 Å². The van der Waals surface area contributed by atoms with Crippen molar-refractivity contribution in [3.63, 3.8) is 0 Å². The van der Waals surface area contributed by atoms with Gasteiger partial charge in [-0.25, -0.2) is 13.1 Å². The van der Waals surface area contributed by atoms with Crippen LogP contribution < -0.4 is 21.5 Å². The minimum absolute atomic E-state index is 0.102. The zero-order valence-electron chi connectivity index (χ0n) is 14.5. The fourth-order valence-electron chi connectivity index (χ4n) is 3.32. The van der Waals surface area contributed by atoms with Gasteiger partial charge in [0.1, 0.15) is 0 Å². The molecular weight excluding hydrogens is 340 g/mol. The number of hydrogen-bond donors (Lipinski definition) is 4. The van der Waals surface area contributed by atoms with Crippen molar-refractivity contribution in [2.24, 2.45) is 16.9 Å². The van der Waals surface area contributed by atoms with Crippen LogP contribution in [-0.2, 0) is 14.8 Å².